The third-order valence-electron chi connectivity index (χ3n) is 5.79. The van der Waals surface area contributed by atoms with Crippen LogP contribution in [0.5, 0.6) is 5.75 Å². The van der Waals surface area contributed by atoms with E-state index < -0.39 is 11.4 Å². The molecule has 3 aromatic carbocycles. The molecule has 0 amide bonds. The fraction of sp³-hybridized carbons (Fsp3) is 0.269. The van der Waals surface area contributed by atoms with Crippen LogP contribution >= 0.6 is 0 Å². The molecule has 0 unspecified atom stereocenters. The minimum Gasteiger partial charge on any atom is -0.494 e. The van der Waals surface area contributed by atoms with Crippen molar-refractivity contribution in [1.29, 1.82) is 0 Å². The maximum absolute atomic E-state index is 11.2. The molecule has 0 aromatic heterocycles. The summed E-state index contributed by atoms with van der Waals surface area (Å²) in [6, 6.07) is 28.8. The van der Waals surface area contributed by atoms with Crippen molar-refractivity contribution < 1.29 is 19.4 Å². The van der Waals surface area contributed by atoms with Crippen LogP contribution in [-0.4, -0.2) is 30.9 Å². The van der Waals surface area contributed by atoms with Crippen molar-refractivity contribution in [3.05, 3.63) is 102 Å². The van der Waals surface area contributed by atoms with Crippen LogP contribution in [0.25, 0.3) is 0 Å². The van der Waals surface area contributed by atoms with Crippen LogP contribution in [0.3, 0.4) is 0 Å². The predicted octanol–water partition coefficient (Wildman–Crippen LogP) is 5.03. The minimum absolute atomic E-state index is 0.0863. The molecule has 30 heavy (non-hydrogen) atoms. The van der Waals surface area contributed by atoms with E-state index in [1.54, 1.807) is 0 Å². The summed E-state index contributed by atoms with van der Waals surface area (Å²) >= 11 is 0. The molecule has 1 N–H and O–H groups in total. The van der Waals surface area contributed by atoms with Gasteiger partial charge in [-0.3, -0.25) is 4.79 Å². The van der Waals surface area contributed by atoms with Crippen molar-refractivity contribution in [2.24, 2.45) is 0 Å². The third kappa shape index (κ3) is 4.55. The summed E-state index contributed by atoms with van der Waals surface area (Å²) in [6.45, 7) is 1.50. The highest BCUT2D eigenvalue weighted by molar-refractivity contribution is 5.69. The molecule has 4 rings (SSSR count). The molecule has 0 saturated carbocycles. The average Bonchev–Trinajstić information content (AvgIpc) is 2.75. The molecular weight excluding hydrogens is 376 g/mol. The first kappa shape index (κ1) is 20.2. The number of ether oxygens (including phenoxy) is 2. The lowest BCUT2D eigenvalue weighted by Gasteiger charge is -2.40. The van der Waals surface area contributed by atoms with Gasteiger partial charge in [0.1, 0.15) is 5.75 Å². The van der Waals surface area contributed by atoms with Gasteiger partial charge in [-0.1, -0.05) is 72.8 Å². The molecule has 0 spiro atoms. The van der Waals surface area contributed by atoms with Crippen molar-refractivity contribution in [2.45, 2.75) is 24.2 Å². The number of aliphatic carboxylic acids is 1. The highest BCUT2D eigenvalue weighted by Crippen LogP contribution is 2.36. The minimum atomic E-state index is -0.800. The Labute approximate surface area is 177 Å². The van der Waals surface area contributed by atoms with Gasteiger partial charge in [0.25, 0.3) is 0 Å². The van der Waals surface area contributed by atoms with Gasteiger partial charge in [0.05, 0.1) is 31.7 Å². The number of hydrogen-bond acceptors (Lipinski definition) is 3. The van der Waals surface area contributed by atoms with E-state index in [1.807, 2.05) is 36.4 Å². The number of hydrogen-bond donors (Lipinski definition) is 1. The number of carbonyl (C=O) groups is 1. The van der Waals surface area contributed by atoms with E-state index in [1.165, 1.54) is 11.1 Å². The van der Waals surface area contributed by atoms with E-state index in [2.05, 4.69) is 48.5 Å². The molecule has 4 nitrogen and oxygen atoms in total. The van der Waals surface area contributed by atoms with Crippen LogP contribution in [0.15, 0.2) is 84.9 Å². The van der Waals surface area contributed by atoms with E-state index in [0.717, 1.165) is 17.7 Å². The second-order valence-corrected chi connectivity index (χ2v) is 7.88. The van der Waals surface area contributed by atoms with Crippen molar-refractivity contribution in [3.8, 4) is 5.75 Å². The highest BCUT2D eigenvalue weighted by atomic mass is 16.5. The van der Waals surface area contributed by atoms with Crippen molar-refractivity contribution in [1.82, 2.24) is 0 Å². The summed E-state index contributed by atoms with van der Waals surface area (Å²) in [7, 11) is 0. The van der Waals surface area contributed by atoms with Gasteiger partial charge in [-0.15, -0.1) is 0 Å². The molecule has 0 aliphatic carbocycles. The fourth-order valence-electron chi connectivity index (χ4n) is 4.10. The van der Waals surface area contributed by atoms with Gasteiger partial charge in [-0.2, -0.15) is 0 Å². The summed E-state index contributed by atoms with van der Waals surface area (Å²) in [5.74, 6) is 0.272. The van der Waals surface area contributed by atoms with Crippen molar-refractivity contribution in [3.63, 3.8) is 0 Å². The molecular formula is C26H26O4. The summed E-state index contributed by atoms with van der Waals surface area (Å²) in [6.07, 6.45) is 0.954. The Balaban J connectivity index is 1.41. The molecule has 1 aliphatic heterocycles. The van der Waals surface area contributed by atoms with Gasteiger partial charge in [0, 0.05) is 5.92 Å². The van der Waals surface area contributed by atoms with Crippen LogP contribution in [0.4, 0.5) is 0 Å². The molecule has 0 bridgehead atoms. The first-order chi connectivity index (χ1) is 14.7. The summed E-state index contributed by atoms with van der Waals surface area (Å²) in [4.78, 5) is 11.2. The lowest BCUT2D eigenvalue weighted by Crippen LogP contribution is -2.48. The number of rotatable bonds is 9. The Morgan fingerprint density at radius 3 is 1.93 bits per heavy atom. The average molecular weight is 402 g/mol. The summed E-state index contributed by atoms with van der Waals surface area (Å²) < 4.78 is 11.3. The molecule has 1 saturated heterocycles. The second-order valence-electron chi connectivity index (χ2n) is 7.88. The van der Waals surface area contributed by atoms with Gasteiger partial charge < -0.3 is 14.6 Å². The Hall–Kier alpha value is -3.11. The molecule has 3 aromatic rings. The zero-order chi connectivity index (χ0) is 20.8. The molecule has 1 fully saturated rings. The monoisotopic (exact) mass is 402 g/mol. The number of benzene rings is 3. The summed E-state index contributed by atoms with van der Waals surface area (Å²) in [5.41, 5.74) is 3.15. The maximum Gasteiger partial charge on any atom is 0.304 e. The van der Waals surface area contributed by atoms with Crippen LogP contribution in [0, 0.1) is 0 Å². The van der Waals surface area contributed by atoms with Gasteiger partial charge >= 0.3 is 5.97 Å². The van der Waals surface area contributed by atoms with Crippen molar-refractivity contribution >= 4 is 5.97 Å². The SMILES string of the molecule is O=C(O)CC1(c2ccc(OCCC(c3ccccc3)c3ccccc3)cc2)COC1. The van der Waals surface area contributed by atoms with Crippen LogP contribution in [-0.2, 0) is 14.9 Å². The Morgan fingerprint density at radius 2 is 1.47 bits per heavy atom. The Morgan fingerprint density at radius 1 is 0.900 bits per heavy atom. The van der Waals surface area contributed by atoms with E-state index in [4.69, 9.17) is 9.47 Å². The lowest BCUT2D eigenvalue weighted by atomic mass is 9.76. The third-order valence-corrected chi connectivity index (χ3v) is 5.79. The van der Waals surface area contributed by atoms with E-state index in [9.17, 15) is 9.90 Å². The van der Waals surface area contributed by atoms with Crippen LogP contribution < -0.4 is 4.74 Å². The molecule has 0 atom stereocenters. The smallest absolute Gasteiger partial charge is 0.304 e. The summed E-state index contributed by atoms with van der Waals surface area (Å²) in [5, 5.41) is 9.21. The fourth-order valence-corrected chi connectivity index (χ4v) is 4.10. The largest absolute Gasteiger partial charge is 0.494 e. The first-order valence-electron chi connectivity index (χ1n) is 10.3. The zero-order valence-electron chi connectivity index (χ0n) is 16.9. The van der Waals surface area contributed by atoms with Crippen LogP contribution in [0.2, 0.25) is 0 Å². The molecule has 0 radical (unpaired) electrons. The highest BCUT2D eigenvalue weighted by Gasteiger charge is 2.42. The first-order valence-corrected chi connectivity index (χ1v) is 10.3. The molecule has 1 heterocycles. The van der Waals surface area contributed by atoms with Crippen LogP contribution in [0.1, 0.15) is 35.4 Å². The maximum atomic E-state index is 11.2. The van der Waals surface area contributed by atoms with E-state index in [-0.39, 0.29) is 12.3 Å². The van der Waals surface area contributed by atoms with Gasteiger partial charge in [-0.05, 0) is 35.2 Å². The number of carboxylic acids is 1. The Kier molecular flexibility index (Phi) is 6.15. The lowest BCUT2D eigenvalue weighted by molar-refractivity contribution is -0.145. The van der Waals surface area contributed by atoms with E-state index >= 15 is 0 Å². The topological polar surface area (TPSA) is 55.8 Å². The predicted molar refractivity (Wildman–Crippen MR) is 116 cm³/mol. The molecule has 154 valence electrons. The molecule has 1 aliphatic rings. The number of carboxylic acid groups (broad SMARTS) is 1. The van der Waals surface area contributed by atoms with E-state index in [0.29, 0.717) is 19.8 Å². The normalized spacial score (nSPS) is 14.8. The second kappa shape index (κ2) is 9.14. The van der Waals surface area contributed by atoms with Gasteiger partial charge in [0.2, 0.25) is 0 Å². The standard InChI is InChI=1S/C26H26O4/c27-25(28)17-26(18-29-19-26)22-11-13-23(14-12-22)30-16-15-24(20-7-3-1-4-8-20)21-9-5-2-6-10-21/h1-14,24H,15-19H2,(H,27,28). The quantitative estimate of drug-likeness (QED) is 0.545. The Bertz CT molecular complexity index is 908. The molecule has 4 heteroatoms. The zero-order valence-corrected chi connectivity index (χ0v) is 16.9. The van der Waals surface area contributed by atoms with Crippen molar-refractivity contribution in [2.75, 3.05) is 19.8 Å². The van der Waals surface area contributed by atoms with Gasteiger partial charge in [0.15, 0.2) is 0 Å². The van der Waals surface area contributed by atoms with Gasteiger partial charge in [-0.25, -0.2) is 0 Å².